The number of nitrogens with one attached hydrogen (secondary N) is 1. The van der Waals surface area contributed by atoms with Gasteiger partial charge < -0.3 is 11.1 Å². The van der Waals surface area contributed by atoms with E-state index >= 15 is 0 Å². The van der Waals surface area contributed by atoms with Crippen LogP contribution in [0.15, 0.2) is 24.3 Å². The van der Waals surface area contributed by atoms with Crippen molar-refractivity contribution in [3.05, 3.63) is 30.1 Å². The number of nitrogens with two attached hydrogens (primary N) is 1. The summed E-state index contributed by atoms with van der Waals surface area (Å²) in [6.07, 6.45) is 0.310. The third-order valence-electron chi connectivity index (χ3n) is 2.08. The quantitative estimate of drug-likeness (QED) is 0.795. The number of para-hydroxylation sites is 1. The van der Waals surface area contributed by atoms with Crippen LogP contribution in [0.5, 0.6) is 0 Å². The van der Waals surface area contributed by atoms with Crippen molar-refractivity contribution >= 4 is 11.6 Å². The van der Waals surface area contributed by atoms with Crippen LogP contribution in [-0.4, -0.2) is 12.5 Å². The Morgan fingerprint density at radius 3 is 2.80 bits per heavy atom. The van der Waals surface area contributed by atoms with E-state index in [0.29, 0.717) is 13.0 Å². The molecule has 0 bridgehead atoms. The highest BCUT2D eigenvalue weighted by Gasteiger charge is 2.09. The number of halogens is 1. The number of carbonyl (C=O) groups is 1. The van der Waals surface area contributed by atoms with Gasteiger partial charge in [-0.3, -0.25) is 4.79 Å². The predicted molar refractivity (Wildman–Crippen MR) is 57.9 cm³/mol. The van der Waals surface area contributed by atoms with Gasteiger partial charge in [0.25, 0.3) is 0 Å². The third-order valence-corrected chi connectivity index (χ3v) is 2.08. The molecule has 4 heteroatoms. The number of hydrogen-bond donors (Lipinski definition) is 2. The minimum Gasteiger partial charge on any atom is -0.330 e. The van der Waals surface area contributed by atoms with Crippen LogP contribution in [0.25, 0.3) is 0 Å². The Hall–Kier alpha value is -1.42. The van der Waals surface area contributed by atoms with E-state index in [1.807, 2.05) is 6.92 Å². The molecular formula is C11H15FN2O. The molecule has 1 amide bonds. The zero-order chi connectivity index (χ0) is 11.3. The molecular weight excluding hydrogens is 195 g/mol. The monoisotopic (exact) mass is 210 g/mol. The minimum absolute atomic E-state index is 0.108. The summed E-state index contributed by atoms with van der Waals surface area (Å²) in [6, 6.07) is 6.08. The van der Waals surface area contributed by atoms with Gasteiger partial charge >= 0.3 is 0 Å². The van der Waals surface area contributed by atoms with Crippen LogP contribution < -0.4 is 11.1 Å². The summed E-state index contributed by atoms with van der Waals surface area (Å²) in [7, 11) is 0. The molecule has 0 fully saturated rings. The number of hydrogen-bond acceptors (Lipinski definition) is 2. The molecule has 0 aliphatic rings. The molecule has 1 aromatic rings. The molecule has 0 spiro atoms. The van der Waals surface area contributed by atoms with E-state index < -0.39 is 5.82 Å². The predicted octanol–water partition coefficient (Wildman–Crippen LogP) is 1.75. The van der Waals surface area contributed by atoms with Crippen molar-refractivity contribution in [2.45, 2.75) is 13.3 Å². The van der Waals surface area contributed by atoms with Crippen LogP contribution in [0.2, 0.25) is 0 Å². The molecule has 0 aliphatic heterocycles. The van der Waals surface area contributed by atoms with Crippen LogP contribution in [0.1, 0.15) is 13.3 Å². The van der Waals surface area contributed by atoms with E-state index in [0.717, 1.165) is 0 Å². The van der Waals surface area contributed by atoms with E-state index in [-0.39, 0.29) is 17.5 Å². The molecule has 3 nitrogen and oxygen atoms in total. The summed E-state index contributed by atoms with van der Waals surface area (Å²) in [4.78, 5) is 11.4. The maximum atomic E-state index is 13.1. The molecule has 3 N–H and O–H groups in total. The van der Waals surface area contributed by atoms with Gasteiger partial charge in [-0.1, -0.05) is 19.1 Å². The van der Waals surface area contributed by atoms with Crippen molar-refractivity contribution in [1.82, 2.24) is 0 Å². The fraction of sp³-hybridized carbons (Fsp3) is 0.364. The highest BCUT2D eigenvalue weighted by atomic mass is 19.1. The first-order chi connectivity index (χ1) is 7.13. The zero-order valence-corrected chi connectivity index (χ0v) is 8.66. The van der Waals surface area contributed by atoms with Gasteiger partial charge in [-0.05, 0) is 24.6 Å². The van der Waals surface area contributed by atoms with Crippen molar-refractivity contribution in [3.8, 4) is 0 Å². The van der Waals surface area contributed by atoms with Gasteiger partial charge in [-0.2, -0.15) is 0 Å². The van der Waals surface area contributed by atoms with E-state index in [4.69, 9.17) is 5.73 Å². The number of benzene rings is 1. The summed E-state index contributed by atoms with van der Waals surface area (Å²) in [6.45, 7) is 2.33. The van der Waals surface area contributed by atoms with Crippen LogP contribution in [0, 0.1) is 11.7 Å². The van der Waals surface area contributed by atoms with E-state index in [1.54, 1.807) is 12.1 Å². The summed E-state index contributed by atoms with van der Waals surface area (Å²) in [5.41, 5.74) is 5.60. The van der Waals surface area contributed by atoms with Crippen LogP contribution >= 0.6 is 0 Å². The Bertz CT molecular complexity index is 341. The smallest absolute Gasteiger partial charge is 0.224 e. The van der Waals surface area contributed by atoms with Crippen LogP contribution in [0.4, 0.5) is 10.1 Å². The van der Waals surface area contributed by atoms with Gasteiger partial charge in [0, 0.05) is 6.42 Å². The van der Waals surface area contributed by atoms with Crippen molar-refractivity contribution in [1.29, 1.82) is 0 Å². The highest BCUT2D eigenvalue weighted by molar-refractivity contribution is 5.90. The van der Waals surface area contributed by atoms with Gasteiger partial charge in [0.2, 0.25) is 5.91 Å². The van der Waals surface area contributed by atoms with Gasteiger partial charge in [0.05, 0.1) is 5.69 Å². The van der Waals surface area contributed by atoms with Crippen molar-refractivity contribution in [3.63, 3.8) is 0 Å². The Morgan fingerprint density at radius 2 is 2.20 bits per heavy atom. The summed E-state index contributed by atoms with van der Waals surface area (Å²) >= 11 is 0. The number of amides is 1. The second kappa shape index (κ2) is 5.46. The highest BCUT2D eigenvalue weighted by Crippen LogP contribution is 2.13. The number of anilines is 1. The fourth-order valence-corrected chi connectivity index (χ4v) is 1.16. The van der Waals surface area contributed by atoms with Gasteiger partial charge in [-0.25, -0.2) is 4.39 Å². The maximum absolute atomic E-state index is 13.1. The molecule has 0 aromatic heterocycles. The van der Waals surface area contributed by atoms with Crippen molar-refractivity contribution in [2.24, 2.45) is 11.7 Å². The van der Waals surface area contributed by atoms with Crippen LogP contribution in [0.3, 0.4) is 0 Å². The first-order valence-corrected chi connectivity index (χ1v) is 4.88. The first kappa shape index (κ1) is 11.7. The average molecular weight is 210 g/mol. The van der Waals surface area contributed by atoms with Crippen molar-refractivity contribution < 1.29 is 9.18 Å². The van der Waals surface area contributed by atoms with E-state index in [9.17, 15) is 9.18 Å². The first-order valence-electron chi connectivity index (χ1n) is 4.88. The maximum Gasteiger partial charge on any atom is 0.224 e. The Kier molecular flexibility index (Phi) is 4.24. The lowest BCUT2D eigenvalue weighted by atomic mass is 10.1. The number of rotatable bonds is 4. The average Bonchev–Trinajstić information content (AvgIpc) is 2.21. The standard InChI is InChI=1S/C11H15FN2O/c1-8(7-13)6-11(15)14-10-5-3-2-4-9(10)12/h2-5,8H,6-7,13H2,1H3,(H,14,15). The number of carbonyl (C=O) groups excluding carboxylic acids is 1. The Balaban J connectivity index is 2.55. The Morgan fingerprint density at radius 1 is 1.53 bits per heavy atom. The molecule has 82 valence electrons. The summed E-state index contributed by atoms with van der Waals surface area (Å²) < 4.78 is 13.1. The van der Waals surface area contributed by atoms with Crippen LogP contribution in [-0.2, 0) is 4.79 Å². The molecule has 0 saturated carbocycles. The SMILES string of the molecule is CC(CN)CC(=O)Nc1ccccc1F. The topological polar surface area (TPSA) is 55.1 Å². The molecule has 1 aromatic carbocycles. The lowest BCUT2D eigenvalue weighted by Gasteiger charge is -2.09. The third kappa shape index (κ3) is 3.67. The van der Waals surface area contributed by atoms with E-state index in [1.165, 1.54) is 12.1 Å². The van der Waals surface area contributed by atoms with Crippen molar-refractivity contribution in [2.75, 3.05) is 11.9 Å². The minimum atomic E-state index is -0.425. The normalized spacial score (nSPS) is 12.2. The second-order valence-corrected chi connectivity index (χ2v) is 3.57. The van der Waals surface area contributed by atoms with Gasteiger partial charge in [0.15, 0.2) is 0 Å². The summed E-state index contributed by atoms with van der Waals surface area (Å²) in [5, 5.41) is 2.51. The zero-order valence-electron chi connectivity index (χ0n) is 8.66. The van der Waals surface area contributed by atoms with E-state index in [2.05, 4.69) is 5.32 Å². The molecule has 15 heavy (non-hydrogen) atoms. The largest absolute Gasteiger partial charge is 0.330 e. The molecule has 0 heterocycles. The molecule has 0 saturated heterocycles. The molecule has 0 radical (unpaired) electrons. The van der Waals surface area contributed by atoms with Gasteiger partial charge in [-0.15, -0.1) is 0 Å². The molecule has 1 atom stereocenters. The fourth-order valence-electron chi connectivity index (χ4n) is 1.16. The molecule has 1 unspecified atom stereocenters. The summed E-state index contributed by atoms with van der Waals surface area (Å²) in [5.74, 6) is -0.527. The van der Waals surface area contributed by atoms with Gasteiger partial charge in [0.1, 0.15) is 5.82 Å². The molecule has 1 rings (SSSR count). The second-order valence-electron chi connectivity index (χ2n) is 3.57. The Labute approximate surface area is 88.5 Å². The lowest BCUT2D eigenvalue weighted by molar-refractivity contribution is -0.116. The molecule has 0 aliphatic carbocycles. The lowest BCUT2D eigenvalue weighted by Crippen LogP contribution is -2.20.